The van der Waals surface area contributed by atoms with E-state index in [1.165, 1.54) is 12.8 Å². The normalized spacial score (nSPS) is 15.1. The Bertz CT molecular complexity index is 641. The van der Waals surface area contributed by atoms with Crippen molar-refractivity contribution < 1.29 is 4.79 Å². The van der Waals surface area contributed by atoms with Gasteiger partial charge in [0, 0.05) is 18.8 Å². The van der Waals surface area contributed by atoms with E-state index >= 15 is 0 Å². The third kappa shape index (κ3) is 4.01. The summed E-state index contributed by atoms with van der Waals surface area (Å²) in [5, 5.41) is 3.89. The Labute approximate surface area is 146 Å². The van der Waals surface area contributed by atoms with Crippen LogP contribution >= 0.6 is 36.2 Å². The van der Waals surface area contributed by atoms with Crippen molar-refractivity contribution in [1.82, 2.24) is 4.98 Å². The van der Waals surface area contributed by atoms with Gasteiger partial charge in [0.25, 0.3) is 0 Å². The number of nitrogens with zero attached hydrogens (tertiary/aromatic N) is 2. The molecule has 3 N–H and O–H groups in total. The van der Waals surface area contributed by atoms with Crippen LogP contribution in [0.25, 0.3) is 10.2 Å². The van der Waals surface area contributed by atoms with Crippen LogP contribution in [-0.2, 0) is 4.79 Å². The van der Waals surface area contributed by atoms with E-state index in [9.17, 15) is 4.79 Å². The number of carbonyl (C=O) groups excluding carboxylic acids is 1. The Kier molecular flexibility index (Phi) is 6.87. The summed E-state index contributed by atoms with van der Waals surface area (Å²) >= 11 is 1.68. The zero-order valence-electron chi connectivity index (χ0n) is 12.2. The third-order valence-corrected chi connectivity index (χ3v) is 4.51. The lowest BCUT2D eigenvalue weighted by Crippen LogP contribution is -2.32. The van der Waals surface area contributed by atoms with Crippen molar-refractivity contribution >= 4 is 63.1 Å². The van der Waals surface area contributed by atoms with Crippen LogP contribution in [0.2, 0.25) is 0 Å². The minimum absolute atomic E-state index is 0. The first-order valence-corrected chi connectivity index (χ1v) is 7.67. The average Bonchev–Trinajstić information content (AvgIpc) is 3.06. The molecule has 0 aliphatic carbocycles. The minimum Gasteiger partial charge on any atom is -0.348 e. The molecule has 22 heavy (non-hydrogen) atoms. The number of thiazole rings is 1. The summed E-state index contributed by atoms with van der Waals surface area (Å²) in [5.74, 6) is -0.173. The fourth-order valence-corrected chi connectivity index (χ4v) is 3.35. The first kappa shape index (κ1) is 19.0. The number of amides is 1. The average molecular weight is 363 g/mol. The van der Waals surface area contributed by atoms with E-state index in [2.05, 4.69) is 15.2 Å². The molecule has 0 saturated carbocycles. The molecule has 8 heteroatoms. The monoisotopic (exact) mass is 362 g/mol. The minimum atomic E-state index is -0.507. The standard InChI is InChI=1S/C14H18N4OS.2ClH/c1-9(15)13(19)16-10-4-5-11-12(8-10)20-14(17-11)18-6-2-3-7-18;;/h4-5,8-9H,2-3,6-7,15H2,1H3,(H,16,19);2*1H/t9-;;/m1../s1. The molecular weight excluding hydrogens is 343 g/mol. The Morgan fingerprint density at radius 3 is 2.68 bits per heavy atom. The van der Waals surface area contributed by atoms with Crippen molar-refractivity contribution in [1.29, 1.82) is 0 Å². The fraction of sp³-hybridized carbons (Fsp3) is 0.429. The van der Waals surface area contributed by atoms with Gasteiger partial charge in [-0.3, -0.25) is 4.79 Å². The molecule has 122 valence electrons. The number of rotatable bonds is 3. The summed E-state index contributed by atoms with van der Waals surface area (Å²) in [6.45, 7) is 3.86. The summed E-state index contributed by atoms with van der Waals surface area (Å²) in [6, 6.07) is 5.28. The highest BCUT2D eigenvalue weighted by atomic mass is 35.5. The van der Waals surface area contributed by atoms with Crippen molar-refractivity contribution in [3.8, 4) is 0 Å². The van der Waals surface area contributed by atoms with E-state index in [0.29, 0.717) is 0 Å². The van der Waals surface area contributed by atoms with Crippen LogP contribution in [0.5, 0.6) is 0 Å². The van der Waals surface area contributed by atoms with E-state index in [4.69, 9.17) is 5.73 Å². The molecule has 1 fully saturated rings. The molecule has 1 atom stereocenters. The maximum Gasteiger partial charge on any atom is 0.240 e. The summed E-state index contributed by atoms with van der Waals surface area (Å²) < 4.78 is 1.09. The lowest BCUT2D eigenvalue weighted by Gasteiger charge is -2.11. The number of nitrogens with two attached hydrogens (primary N) is 1. The Morgan fingerprint density at radius 2 is 2.05 bits per heavy atom. The molecule has 5 nitrogen and oxygen atoms in total. The lowest BCUT2D eigenvalue weighted by atomic mass is 10.2. The number of halogens is 2. The van der Waals surface area contributed by atoms with Crippen LogP contribution in [0, 0.1) is 0 Å². The van der Waals surface area contributed by atoms with Gasteiger partial charge in [-0.1, -0.05) is 11.3 Å². The predicted molar refractivity (Wildman–Crippen MR) is 97.8 cm³/mol. The van der Waals surface area contributed by atoms with Crippen LogP contribution in [0.3, 0.4) is 0 Å². The highest BCUT2D eigenvalue weighted by Gasteiger charge is 2.16. The molecule has 2 aromatic rings. The number of hydrogen-bond acceptors (Lipinski definition) is 5. The molecule has 1 saturated heterocycles. The Hall–Kier alpha value is -1.08. The van der Waals surface area contributed by atoms with Gasteiger partial charge < -0.3 is 16.0 Å². The van der Waals surface area contributed by atoms with Gasteiger partial charge in [0.1, 0.15) is 0 Å². The molecule has 1 amide bonds. The molecule has 1 aromatic carbocycles. The molecule has 3 rings (SSSR count). The maximum atomic E-state index is 11.6. The summed E-state index contributed by atoms with van der Waals surface area (Å²) in [7, 11) is 0. The van der Waals surface area contributed by atoms with Gasteiger partial charge in [-0.15, -0.1) is 24.8 Å². The van der Waals surface area contributed by atoms with E-state index in [0.717, 1.165) is 34.1 Å². The number of fused-ring (bicyclic) bond motifs is 1. The summed E-state index contributed by atoms with van der Waals surface area (Å²) in [6.07, 6.45) is 2.48. The summed E-state index contributed by atoms with van der Waals surface area (Å²) in [5.41, 5.74) is 7.31. The van der Waals surface area contributed by atoms with E-state index in [1.54, 1.807) is 18.3 Å². The van der Waals surface area contributed by atoms with Gasteiger partial charge >= 0.3 is 0 Å². The molecule has 1 aliphatic heterocycles. The Balaban J connectivity index is 0.00000121. The van der Waals surface area contributed by atoms with Gasteiger partial charge in [-0.05, 0) is 38.0 Å². The number of hydrogen-bond donors (Lipinski definition) is 2. The number of nitrogens with one attached hydrogen (secondary N) is 1. The first-order chi connectivity index (χ1) is 9.63. The van der Waals surface area contributed by atoms with Crippen LogP contribution in [0.4, 0.5) is 10.8 Å². The number of benzene rings is 1. The van der Waals surface area contributed by atoms with Crippen molar-refractivity contribution in [2.24, 2.45) is 5.73 Å². The van der Waals surface area contributed by atoms with Gasteiger partial charge in [-0.2, -0.15) is 0 Å². The lowest BCUT2D eigenvalue weighted by molar-refractivity contribution is -0.117. The zero-order chi connectivity index (χ0) is 14.1. The largest absolute Gasteiger partial charge is 0.348 e. The zero-order valence-corrected chi connectivity index (χ0v) is 14.7. The molecule has 2 heterocycles. The number of aromatic nitrogens is 1. The molecule has 0 unspecified atom stereocenters. The molecule has 1 aromatic heterocycles. The van der Waals surface area contributed by atoms with Crippen molar-refractivity contribution in [2.45, 2.75) is 25.8 Å². The molecule has 1 aliphatic rings. The van der Waals surface area contributed by atoms with E-state index < -0.39 is 6.04 Å². The van der Waals surface area contributed by atoms with Crippen molar-refractivity contribution in [2.75, 3.05) is 23.3 Å². The van der Waals surface area contributed by atoms with Gasteiger partial charge in [0.05, 0.1) is 16.3 Å². The second kappa shape index (κ2) is 7.97. The van der Waals surface area contributed by atoms with Crippen molar-refractivity contribution in [3.05, 3.63) is 18.2 Å². The molecule has 0 bridgehead atoms. The van der Waals surface area contributed by atoms with Gasteiger partial charge in [-0.25, -0.2) is 4.98 Å². The smallest absolute Gasteiger partial charge is 0.240 e. The van der Waals surface area contributed by atoms with Crippen LogP contribution in [-0.4, -0.2) is 30.0 Å². The topological polar surface area (TPSA) is 71.2 Å². The summed E-state index contributed by atoms with van der Waals surface area (Å²) in [4.78, 5) is 18.6. The second-order valence-corrected chi connectivity index (χ2v) is 6.16. The maximum absolute atomic E-state index is 11.6. The predicted octanol–water partition coefficient (Wildman–Crippen LogP) is 3.03. The van der Waals surface area contributed by atoms with Crippen LogP contribution < -0.4 is 16.0 Å². The third-order valence-electron chi connectivity index (χ3n) is 3.43. The molecular formula is C14H20Cl2N4OS. The highest BCUT2D eigenvalue weighted by Crippen LogP contribution is 2.32. The second-order valence-electron chi connectivity index (χ2n) is 5.15. The van der Waals surface area contributed by atoms with Crippen LogP contribution in [0.15, 0.2) is 18.2 Å². The Morgan fingerprint density at radius 1 is 1.36 bits per heavy atom. The molecule has 0 radical (unpaired) electrons. The van der Waals surface area contributed by atoms with E-state index in [1.807, 2.05) is 18.2 Å². The molecule has 0 spiro atoms. The van der Waals surface area contributed by atoms with Crippen molar-refractivity contribution in [3.63, 3.8) is 0 Å². The fourth-order valence-electron chi connectivity index (χ4n) is 2.29. The van der Waals surface area contributed by atoms with Gasteiger partial charge in [0.15, 0.2) is 5.13 Å². The van der Waals surface area contributed by atoms with E-state index in [-0.39, 0.29) is 30.7 Å². The quantitative estimate of drug-likeness (QED) is 0.879. The SMILES string of the molecule is C[C@@H](N)C(=O)Nc1ccc2nc(N3CCCC3)sc2c1.Cl.Cl. The number of carbonyl (C=O) groups is 1. The van der Waals surface area contributed by atoms with Crippen LogP contribution in [0.1, 0.15) is 19.8 Å². The number of anilines is 2. The van der Waals surface area contributed by atoms with Gasteiger partial charge in [0.2, 0.25) is 5.91 Å². The first-order valence-electron chi connectivity index (χ1n) is 6.85. The highest BCUT2D eigenvalue weighted by molar-refractivity contribution is 7.22.